The lowest BCUT2D eigenvalue weighted by Gasteiger charge is -2.22. The molecule has 0 saturated carbocycles. The molecule has 1 nitrogen and oxygen atoms in total. The van der Waals surface area contributed by atoms with Crippen LogP contribution in [0.1, 0.15) is 20.3 Å². The average Bonchev–Trinajstić information content (AvgIpc) is 2.05. The number of rotatable bonds is 5. The molecule has 0 aliphatic rings. The topological polar surface area (TPSA) is 3.24 Å². The van der Waals surface area contributed by atoms with Crippen molar-refractivity contribution in [2.75, 3.05) is 13.6 Å². The van der Waals surface area contributed by atoms with E-state index < -0.39 is 0 Å². The van der Waals surface area contributed by atoms with Crippen LogP contribution in [-0.4, -0.2) is 24.5 Å². The molecule has 64 valence electrons. The average molecular weight is 153 g/mol. The number of hydrogen-bond acceptors (Lipinski definition) is 1. The van der Waals surface area contributed by atoms with Gasteiger partial charge in [-0.1, -0.05) is 38.7 Å². The molecule has 11 heavy (non-hydrogen) atoms. The van der Waals surface area contributed by atoms with E-state index in [1.165, 1.54) is 0 Å². The molecule has 0 aliphatic heterocycles. The minimum atomic E-state index is 0.568. The van der Waals surface area contributed by atoms with Crippen LogP contribution in [0.3, 0.4) is 0 Å². The Bertz CT molecular complexity index is 127. The minimum Gasteiger partial charge on any atom is -0.300 e. The Labute approximate surface area is 70.4 Å². The molecule has 0 saturated heterocycles. The number of hydrogen-bond donors (Lipinski definition) is 0. The molecule has 0 heterocycles. The first-order valence-electron chi connectivity index (χ1n) is 4.25. The molecule has 1 heteroatoms. The molecule has 0 aromatic carbocycles. The predicted octanol–water partition coefficient (Wildman–Crippen LogP) is 2.46. The van der Waals surface area contributed by atoms with Crippen molar-refractivity contribution in [3.63, 3.8) is 0 Å². The molecule has 0 spiro atoms. The fourth-order valence-corrected chi connectivity index (χ4v) is 1.04. The van der Waals surface area contributed by atoms with Gasteiger partial charge in [0, 0.05) is 6.04 Å². The molecule has 1 unspecified atom stereocenters. The van der Waals surface area contributed by atoms with Gasteiger partial charge in [0.05, 0.1) is 0 Å². The third kappa shape index (κ3) is 3.99. The lowest BCUT2D eigenvalue weighted by Crippen LogP contribution is -2.28. The maximum atomic E-state index is 3.65. The largest absolute Gasteiger partial charge is 0.300 e. The van der Waals surface area contributed by atoms with Crippen molar-refractivity contribution in [3.8, 4) is 0 Å². The molecular weight excluding hydrogens is 134 g/mol. The van der Waals surface area contributed by atoms with Crippen LogP contribution in [0.15, 0.2) is 24.8 Å². The van der Waals surface area contributed by atoms with E-state index >= 15 is 0 Å². The van der Waals surface area contributed by atoms with E-state index in [9.17, 15) is 0 Å². The first kappa shape index (κ1) is 10.4. The van der Waals surface area contributed by atoms with Gasteiger partial charge < -0.3 is 4.90 Å². The van der Waals surface area contributed by atoms with Crippen molar-refractivity contribution < 1.29 is 0 Å². The summed E-state index contributed by atoms with van der Waals surface area (Å²) in [6, 6.07) is 0.568. The lowest BCUT2D eigenvalue weighted by molar-refractivity contribution is 0.290. The van der Waals surface area contributed by atoms with Crippen molar-refractivity contribution in [2.45, 2.75) is 26.3 Å². The summed E-state index contributed by atoms with van der Waals surface area (Å²) in [6.45, 7) is 9.11. The summed E-state index contributed by atoms with van der Waals surface area (Å²) in [5.74, 6) is 0. The Hall–Kier alpha value is -0.560. The van der Waals surface area contributed by atoms with Crippen molar-refractivity contribution >= 4 is 0 Å². The first-order valence-corrected chi connectivity index (χ1v) is 4.25. The van der Waals surface area contributed by atoms with Crippen LogP contribution >= 0.6 is 0 Å². The van der Waals surface area contributed by atoms with Crippen LogP contribution in [0.4, 0.5) is 0 Å². The summed E-state index contributed by atoms with van der Waals surface area (Å²) in [5.41, 5.74) is 0. The maximum absolute atomic E-state index is 3.65. The summed E-state index contributed by atoms with van der Waals surface area (Å²) in [7, 11) is 2.14. The highest BCUT2D eigenvalue weighted by Crippen LogP contribution is 2.02. The first-order chi connectivity index (χ1) is 5.26. The van der Waals surface area contributed by atoms with Gasteiger partial charge in [-0.2, -0.15) is 0 Å². The minimum absolute atomic E-state index is 0.568. The third-order valence-corrected chi connectivity index (χ3v) is 1.95. The molecule has 0 bridgehead atoms. The van der Waals surface area contributed by atoms with Crippen LogP contribution in [0.25, 0.3) is 0 Å². The van der Waals surface area contributed by atoms with Gasteiger partial charge in [0.2, 0.25) is 0 Å². The van der Waals surface area contributed by atoms with Crippen LogP contribution in [0.2, 0.25) is 0 Å². The SMILES string of the molecule is C=C/C=C\C(CC)N(C)CC. The van der Waals surface area contributed by atoms with Gasteiger partial charge in [-0.15, -0.1) is 0 Å². The summed E-state index contributed by atoms with van der Waals surface area (Å²) >= 11 is 0. The lowest BCUT2D eigenvalue weighted by atomic mass is 10.2. The second-order valence-electron chi connectivity index (χ2n) is 2.67. The summed E-state index contributed by atoms with van der Waals surface area (Å²) < 4.78 is 0. The highest BCUT2D eigenvalue weighted by atomic mass is 15.1. The van der Waals surface area contributed by atoms with E-state index in [1.807, 2.05) is 12.2 Å². The quantitative estimate of drug-likeness (QED) is 0.548. The Morgan fingerprint density at radius 1 is 1.45 bits per heavy atom. The molecule has 0 N–H and O–H groups in total. The zero-order chi connectivity index (χ0) is 8.69. The molecule has 0 rings (SSSR count). The van der Waals surface area contributed by atoms with E-state index in [0.29, 0.717) is 6.04 Å². The van der Waals surface area contributed by atoms with Crippen LogP contribution in [0, 0.1) is 0 Å². The van der Waals surface area contributed by atoms with Crippen molar-refractivity contribution in [1.29, 1.82) is 0 Å². The summed E-state index contributed by atoms with van der Waals surface area (Å²) in [4.78, 5) is 2.32. The van der Waals surface area contributed by atoms with Crippen LogP contribution < -0.4 is 0 Å². The third-order valence-electron chi connectivity index (χ3n) is 1.95. The molecular formula is C10H19N. The highest BCUT2D eigenvalue weighted by Gasteiger charge is 2.04. The zero-order valence-electron chi connectivity index (χ0n) is 7.88. The van der Waals surface area contributed by atoms with Crippen molar-refractivity contribution in [1.82, 2.24) is 4.90 Å². The number of nitrogens with zero attached hydrogens (tertiary/aromatic N) is 1. The van der Waals surface area contributed by atoms with E-state index in [2.05, 4.69) is 38.5 Å². The Morgan fingerprint density at radius 3 is 2.45 bits per heavy atom. The van der Waals surface area contributed by atoms with E-state index in [4.69, 9.17) is 0 Å². The number of likely N-dealkylation sites (N-methyl/N-ethyl adjacent to an activating group) is 1. The summed E-state index contributed by atoms with van der Waals surface area (Å²) in [5, 5.41) is 0. The molecule has 0 aliphatic carbocycles. The fraction of sp³-hybridized carbons (Fsp3) is 0.600. The fourth-order valence-electron chi connectivity index (χ4n) is 1.04. The Balaban J connectivity index is 3.93. The number of allylic oxidation sites excluding steroid dienone is 2. The van der Waals surface area contributed by atoms with Gasteiger partial charge in [-0.25, -0.2) is 0 Å². The van der Waals surface area contributed by atoms with Gasteiger partial charge in [0.15, 0.2) is 0 Å². The Kier molecular flexibility index (Phi) is 5.86. The molecule has 1 atom stereocenters. The van der Waals surface area contributed by atoms with Gasteiger partial charge in [0.1, 0.15) is 0 Å². The van der Waals surface area contributed by atoms with Crippen LogP contribution in [0.5, 0.6) is 0 Å². The van der Waals surface area contributed by atoms with Crippen molar-refractivity contribution in [3.05, 3.63) is 24.8 Å². The Morgan fingerprint density at radius 2 is 2.09 bits per heavy atom. The van der Waals surface area contributed by atoms with E-state index in [-0.39, 0.29) is 0 Å². The zero-order valence-corrected chi connectivity index (χ0v) is 7.88. The normalized spacial score (nSPS) is 14.2. The van der Waals surface area contributed by atoms with Gasteiger partial charge in [-0.3, -0.25) is 0 Å². The van der Waals surface area contributed by atoms with E-state index in [1.54, 1.807) is 0 Å². The smallest absolute Gasteiger partial charge is 0.0275 e. The monoisotopic (exact) mass is 153 g/mol. The summed E-state index contributed by atoms with van der Waals surface area (Å²) in [6.07, 6.45) is 7.19. The molecule has 0 radical (unpaired) electrons. The van der Waals surface area contributed by atoms with Crippen molar-refractivity contribution in [2.24, 2.45) is 0 Å². The molecule has 0 aromatic heterocycles. The van der Waals surface area contributed by atoms with Gasteiger partial charge in [0.25, 0.3) is 0 Å². The second-order valence-corrected chi connectivity index (χ2v) is 2.67. The molecule has 0 fully saturated rings. The van der Waals surface area contributed by atoms with Gasteiger partial charge >= 0.3 is 0 Å². The van der Waals surface area contributed by atoms with Crippen LogP contribution in [-0.2, 0) is 0 Å². The predicted molar refractivity (Wildman–Crippen MR) is 51.7 cm³/mol. The molecule has 0 aromatic rings. The molecule has 0 amide bonds. The maximum Gasteiger partial charge on any atom is 0.0275 e. The van der Waals surface area contributed by atoms with E-state index in [0.717, 1.165) is 13.0 Å². The van der Waals surface area contributed by atoms with Gasteiger partial charge in [-0.05, 0) is 20.0 Å². The standard InChI is InChI=1S/C10H19N/c1-5-8-9-10(6-2)11(4)7-3/h5,8-10H,1,6-7H2,2-4H3/b9-8-. The highest BCUT2D eigenvalue weighted by molar-refractivity contribution is 5.02. The second kappa shape index (κ2) is 6.17.